The molecule has 0 unspecified atom stereocenters. The summed E-state index contributed by atoms with van der Waals surface area (Å²) in [5, 5.41) is 14.1. The molecule has 2 heterocycles. The van der Waals surface area contributed by atoms with E-state index in [4.69, 9.17) is 30.6 Å². The van der Waals surface area contributed by atoms with Gasteiger partial charge in [0.15, 0.2) is 0 Å². The van der Waals surface area contributed by atoms with Crippen molar-refractivity contribution in [3.8, 4) is 0 Å². The van der Waals surface area contributed by atoms with Crippen LogP contribution in [-0.4, -0.2) is 81.0 Å². The lowest BCUT2D eigenvalue weighted by Crippen LogP contribution is -2.53. The number of benzene rings is 2. The van der Waals surface area contributed by atoms with Crippen LogP contribution in [-0.2, 0) is 46.8 Å². The third kappa shape index (κ3) is 10.1. The van der Waals surface area contributed by atoms with Crippen LogP contribution < -0.4 is 21.1 Å². The molecule has 0 radical (unpaired) electrons. The number of ether oxygens (including phenoxy) is 2. The zero-order valence-corrected chi connectivity index (χ0v) is 29.6. The minimum Gasteiger partial charge on any atom is -0.467 e. The topological polar surface area (TPSA) is 199 Å². The average molecular weight is 732 g/mol. The average Bonchev–Trinajstić information content (AvgIpc) is 3.76. The highest BCUT2D eigenvalue weighted by Gasteiger charge is 2.43. The van der Waals surface area contributed by atoms with E-state index < -0.39 is 62.8 Å². The molecule has 0 bridgehead atoms. The number of rotatable bonds is 16. The number of likely N-dealkylation sites (tertiary alicyclic amines) is 1. The minimum atomic E-state index is -4.30. The van der Waals surface area contributed by atoms with E-state index in [0.29, 0.717) is 18.6 Å². The van der Waals surface area contributed by atoms with Gasteiger partial charge in [0, 0.05) is 24.7 Å². The molecule has 1 aromatic heterocycles. The highest BCUT2D eigenvalue weighted by molar-refractivity contribution is 7.89. The molecule has 0 aliphatic carbocycles. The standard InChI is InChI=1S/C34H42ClN5O9S/c1-4-47-33(43)27(14-13-22-10-7-6-8-11-22)38-21(3)32(42)40-20-23(16-29(40)34(44)48-5-2)39-31(41)25-17-30(50(36,45)46)26(35)18-28(25)37-19-24-12-9-15-49-24/h6-12,15,17-18,21,23,27,29,37-38H,4-5,13-14,16,19-20H2,1-3H3,(H,39,41)(H2,36,45,46)/t21-,23-,27-,29-/m0/s1. The molecule has 2 aromatic carbocycles. The van der Waals surface area contributed by atoms with Gasteiger partial charge in [-0.2, -0.15) is 0 Å². The van der Waals surface area contributed by atoms with Gasteiger partial charge < -0.3 is 29.4 Å². The lowest BCUT2D eigenvalue weighted by Gasteiger charge is -2.28. The van der Waals surface area contributed by atoms with Crippen LogP contribution in [0.1, 0.15) is 55.3 Å². The summed E-state index contributed by atoms with van der Waals surface area (Å²) in [6, 6.07) is 11.8. The number of nitrogens with two attached hydrogens (primary N) is 1. The normalized spacial score (nSPS) is 17.1. The van der Waals surface area contributed by atoms with Crippen molar-refractivity contribution in [2.45, 2.75) is 75.6 Å². The number of furan rings is 1. The Morgan fingerprint density at radius 3 is 2.42 bits per heavy atom. The Labute approximate surface area is 296 Å². The second-order valence-corrected chi connectivity index (χ2v) is 13.6. The van der Waals surface area contributed by atoms with Crippen molar-refractivity contribution in [1.82, 2.24) is 15.5 Å². The second-order valence-electron chi connectivity index (χ2n) is 11.7. The van der Waals surface area contributed by atoms with Crippen LogP contribution in [0.25, 0.3) is 0 Å². The Hall–Kier alpha value is -4.44. The van der Waals surface area contributed by atoms with Gasteiger partial charge in [-0.05, 0) is 63.4 Å². The van der Waals surface area contributed by atoms with Crippen molar-refractivity contribution in [1.29, 1.82) is 0 Å². The highest BCUT2D eigenvalue weighted by atomic mass is 35.5. The SMILES string of the molecule is CCOC(=O)[C@H](CCc1ccccc1)N[C@@H](C)C(=O)N1C[C@@H](NC(=O)c2cc(S(N)(=O)=O)c(Cl)cc2NCc2ccco2)C[C@H]1C(=O)OCC. The molecule has 4 atom stereocenters. The van der Waals surface area contributed by atoms with E-state index in [9.17, 15) is 27.6 Å². The summed E-state index contributed by atoms with van der Waals surface area (Å²) in [4.78, 5) is 54.4. The van der Waals surface area contributed by atoms with Crippen LogP contribution in [0, 0.1) is 0 Å². The molecule has 0 saturated carbocycles. The summed E-state index contributed by atoms with van der Waals surface area (Å²) in [6.07, 6.45) is 2.41. The first-order valence-electron chi connectivity index (χ1n) is 16.2. The minimum absolute atomic E-state index is 0.0170. The van der Waals surface area contributed by atoms with Gasteiger partial charge in [-0.25, -0.2) is 18.4 Å². The number of halogens is 1. The van der Waals surface area contributed by atoms with Gasteiger partial charge in [0.25, 0.3) is 5.91 Å². The number of amides is 2. The van der Waals surface area contributed by atoms with Crippen molar-refractivity contribution in [3.63, 3.8) is 0 Å². The van der Waals surface area contributed by atoms with Crippen molar-refractivity contribution in [3.05, 3.63) is 82.8 Å². The third-order valence-corrected chi connectivity index (χ3v) is 9.47. The zero-order valence-electron chi connectivity index (χ0n) is 28.0. The fraction of sp³-hybridized carbons (Fsp3) is 0.412. The van der Waals surface area contributed by atoms with Gasteiger partial charge in [-0.1, -0.05) is 41.9 Å². The van der Waals surface area contributed by atoms with Crippen molar-refractivity contribution in [2.24, 2.45) is 5.14 Å². The molecule has 50 heavy (non-hydrogen) atoms. The number of hydrogen-bond acceptors (Lipinski definition) is 11. The van der Waals surface area contributed by atoms with Gasteiger partial charge >= 0.3 is 11.9 Å². The van der Waals surface area contributed by atoms with Crippen LogP contribution in [0.3, 0.4) is 0 Å². The first-order valence-corrected chi connectivity index (χ1v) is 18.1. The molecule has 5 N–H and O–H groups in total. The molecule has 0 spiro atoms. The van der Waals surface area contributed by atoms with Gasteiger partial charge in [-0.3, -0.25) is 19.7 Å². The number of sulfonamides is 1. The molecule has 270 valence electrons. The van der Waals surface area contributed by atoms with Crippen LogP contribution in [0.2, 0.25) is 5.02 Å². The Morgan fingerprint density at radius 1 is 1.06 bits per heavy atom. The summed E-state index contributed by atoms with van der Waals surface area (Å²) >= 11 is 6.23. The number of aryl methyl sites for hydroxylation is 1. The van der Waals surface area contributed by atoms with Gasteiger partial charge in [0.05, 0.1) is 42.6 Å². The van der Waals surface area contributed by atoms with Gasteiger partial charge in [0.2, 0.25) is 15.9 Å². The molecule has 4 rings (SSSR count). The maximum atomic E-state index is 13.9. The highest BCUT2D eigenvalue weighted by Crippen LogP contribution is 2.30. The molecule has 3 aromatic rings. The number of carbonyl (C=O) groups excluding carboxylic acids is 4. The summed E-state index contributed by atoms with van der Waals surface area (Å²) < 4.78 is 40.4. The van der Waals surface area contributed by atoms with Gasteiger partial charge in [0.1, 0.15) is 22.7 Å². The molecule has 1 fully saturated rings. The molecule has 1 saturated heterocycles. The summed E-state index contributed by atoms with van der Waals surface area (Å²) in [5.41, 5.74) is 1.12. The van der Waals surface area contributed by atoms with Crippen molar-refractivity contribution < 1.29 is 41.5 Å². The quantitative estimate of drug-likeness (QED) is 0.158. The van der Waals surface area contributed by atoms with Crippen LogP contribution in [0.5, 0.6) is 0 Å². The zero-order chi connectivity index (χ0) is 36.4. The number of anilines is 1. The van der Waals surface area contributed by atoms with E-state index in [0.717, 1.165) is 11.6 Å². The number of nitrogens with one attached hydrogen (secondary N) is 3. The first-order chi connectivity index (χ1) is 23.8. The molecule has 2 amide bonds. The van der Waals surface area contributed by atoms with E-state index in [1.54, 1.807) is 32.9 Å². The molecule has 1 aliphatic rings. The lowest BCUT2D eigenvalue weighted by atomic mass is 10.0. The fourth-order valence-corrected chi connectivity index (χ4v) is 6.80. The maximum absolute atomic E-state index is 13.9. The van der Waals surface area contributed by atoms with E-state index in [-0.39, 0.29) is 49.0 Å². The number of esters is 2. The number of hydrogen-bond donors (Lipinski definition) is 4. The fourth-order valence-electron chi connectivity index (χ4n) is 5.70. The first kappa shape index (κ1) is 38.4. The van der Waals surface area contributed by atoms with E-state index in [1.807, 2.05) is 30.3 Å². The molecular formula is C34H42ClN5O9S. The predicted octanol–water partition coefficient (Wildman–Crippen LogP) is 3.00. The maximum Gasteiger partial charge on any atom is 0.328 e. The largest absolute Gasteiger partial charge is 0.467 e. The number of primary sulfonamides is 1. The monoisotopic (exact) mass is 731 g/mol. The smallest absolute Gasteiger partial charge is 0.328 e. The summed E-state index contributed by atoms with van der Waals surface area (Å²) in [7, 11) is -4.30. The third-order valence-electron chi connectivity index (χ3n) is 8.09. The van der Waals surface area contributed by atoms with Crippen LogP contribution >= 0.6 is 11.6 Å². The molecule has 14 nitrogen and oxygen atoms in total. The Bertz CT molecular complexity index is 1760. The van der Waals surface area contributed by atoms with E-state index in [2.05, 4.69) is 16.0 Å². The number of carbonyl (C=O) groups is 4. The van der Waals surface area contributed by atoms with E-state index >= 15 is 0 Å². The Kier molecular flexibility index (Phi) is 13.4. The lowest BCUT2D eigenvalue weighted by molar-refractivity contribution is -0.154. The summed E-state index contributed by atoms with van der Waals surface area (Å²) in [6.45, 7) is 5.23. The van der Waals surface area contributed by atoms with Crippen molar-refractivity contribution >= 4 is 51.1 Å². The summed E-state index contributed by atoms with van der Waals surface area (Å²) in [5.74, 6) is -1.81. The Balaban J connectivity index is 1.53. The van der Waals surface area contributed by atoms with Crippen LogP contribution in [0.4, 0.5) is 5.69 Å². The second kappa shape index (κ2) is 17.5. The van der Waals surface area contributed by atoms with Crippen molar-refractivity contribution in [2.75, 3.05) is 25.1 Å². The number of nitrogens with zero attached hydrogens (tertiary/aromatic N) is 1. The molecule has 1 aliphatic heterocycles. The predicted molar refractivity (Wildman–Crippen MR) is 185 cm³/mol. The molecule has 16 heteroatoms. The van der Waals surface area contributed by atoms with E-state index in [1.165, 1.54) is 17.2 Å². The van der Waals surface area contributed by atoms with Gasteiger partial charge in [-0.15, -0.1) is 0 Å². The Morgan fingerprint density at radius 2 is 1.78 bits per heavy atom. The van der Waals surface area contributed by atoms with Crippen LogP contribution in [0.15, 0.2) is 70.2 Å². The molecular weight excluding hydrogens is 690 g/mol.